The molecule has 0 fully saturated rings. The monoisotopic (exact) mass is 404 g/mol. The molecule has 0 spiro atoms. The molecule has 0 bridgehead atoms. The summed E-state index contributed by atoms with van der Waals surface area (Å²) < 4.78 is 18.0. The van der Waals surface area contributed by atoms with E-state index in [1.165, 1.54) is 0 Å². The largest absolute Gasteiger partial charge is 0.494 e. The molecule has 2 aromatic heterocycles. The molecule has 7 heteroatoms. The van der Waals surface area contributed by atoms with Crippen LogP contribution in [0, 0.1) is 0 Å². The number of aromatic nitrogens is 3. The Kier molecular flexibility index (Phi) is 5.81. The average molecular weight is 404 g/mol. The first-order valence-electron chi connectivity index (χ1n) is 9.62. The second-order valence-electron chi connectivity index (χ2n) is 6.82. The molecule has 0 atom stereocenters. The molecule has 0 saturated carbocycles. The van der Waals surface area contributed by atoms with E-state index in [1.807, 2.05) is 43.7 Å². The summed E-state index contributed by atoms with van der Waals surface area (Å²) in [5.74, 6) is 1.43. The van der Waals surface area contributed by atoms with Gasteiger partial charge in [0.05, 0.1) is 31.1 Å². The lowest BCUT2D eigenvalue weighted by Crippen LogP contribution is -2.04. The Morgan fingerprint density at radius 3 is 2.63 bits per heavy atom. The van der Waals surface area contributed by atoms with Gasteiger partial charge >= 0.3 is 0 Å². The minimum atomic E-state index is 0.487. The summed E-state index contributed by atoms with van der Waals surface area (Å²) in [6, 6.07) is 13.9. The molecule has 0 saturated heterocycles. The van der Waals surface area contributed by atoms with E-state index in [9.17, 15) is 0 Å². The van der Waals surface area contributed by atoms with Gasteiger partial charge in [-0.25, -0.2) is 0 Å². The number of hydrogen-bond acceptors (Lipinski definition) is 6. The highest BCUT2D eigenvalue weighted by Crippen LogP contribution is 2.34. The number of ether oxygens (including phenoxy) is 3. The Balaban J connectivity index is 1.62. The molecule has 0 aliphatic rings. The minimum Gasteiger partial charge on any atom is -0.494 e. The molecule has 0 unspecified atom stereocenters. The van der Waals surface area contributed by atoms with Crippen LogP contribution >= 0.6 is 0 Å². The molecule has 0 amide bonds. The van der Waals surface area contributed by atoms with E-state index in [2.05, 4.69) is 33.6 Å². The summed E-state index contributed by atoms with van der Waals surface area (Å²) in [6.45, 7) is 1.02. The molecule has 0 aliphatic heterocycles. The van der Waals surface area contributed by atoms with Crippen LogP contribution in [0.1, 0.15) is 0 Å². The average Bonchev–Trinajstić information content (AvgIpc) is 3.21. The predicted molar refractivity (Wildman–Crippen MR) is 118 cm³/mol. The first-order chi connectivity index (χ1) is 14.7. The van der Waals surface area contributed by atoms with Crippen molar-refractivity contribution in [3.8, 4) is 22.6 Å². The fourth-order valence-electron chi connectivity index (χ4n) is 3.26. The van der Waals surface area contributed by atoms with Gasteiger partial charge in [0.1, 0.15) is 18.1 Å². The van der Waals surface area contributed by atoms with Crippen LogP contribution < -0.4 is 14.8 Å². The maximum atomic E-state index is 5.67. The summed E-state index contributed by atoms with van der Waals surface area (Å²) in [4.78, 5) is 4.54. The number of nitrogens with one attached hydrogen (secondary N) is 1. The third kappa shape index (κ3) is 4.21. The lowest BCUT2D eigenvalue weighted by Gasteiger charge is -2.15. The second-order valence-corrected chi connectivity index (χ2v) is 6.82. The van der Waals surface area contributed by atoms with E-state index in [-0.39, 0.29) is 0 Å². The fourth-order valence-corrected chi connectivity index (χ4v) is 3.26. The van der Waals surface area contributed by atoms with Gasteiger partial charge < -0.3 is 19.5 Å². The smallest absolute Gasteiger partial charge is 0.145 e. The van der Waals surface area contributed by atoms with Gasteiger partial charge in [0, 0.05) is 49.3 Å². The summed E-state index contributed by atoms with van der Waals surface area (Å²) in [7, 11) is 5.20. The van der Waals surface area contributed by atoms with E-state index in [0.29, 0.717) is 19.0 Å². The standard InChI is InChI=1S/C23H24N4O3/c1-27-15-17(14-25-27)16-4-6-19-20(8-9-24-22(19)12-16)26-21-7-5-18(13-23(21)29-3)30-11-10-28-2/h4-9,12-15H,10-11H2,1-3H3,(H,24,26). The maximum absolute atomic E-state index is 5.67. The molecule has 2 heterocycles. The maximum Gasteiger partial charge on any atom is 0.145 e. The lowest BCUT2D eigenvalue weighted by atomic mass is 10.1. The summed E-state index contributed by atoms with van der Waals surface area (Å²) in [5.41, 5.74) is 4.84. The van der Waals surface area contributed by atoms with Gasteiger partial charge in [0.2, 0.25) is 0 Å². The van der Waals surface area contributed by atoms with Crippen molar-refractivity contribution in [1.82, 2.24) is 14.8 Å². The van der Waals surface area contributed by atoms with Crippen molar-refractivity contribution in [2.75, 3.05) is 32.8 Å². The van der Waals surface area contributed by atoms with Gasteiger partial charge in [-0.1, -0.05) is 12.1 Å². The quantitative estimate of drug-likeness (QED) is 0.439. The molecule has 1 N–H and O–H groups in total. The van der Waals surface area contributed by atoms with Crippen LogP contribution in [0.3, 0.4) is 0 Å². The van der Waals surface area contributed by atoms with Crippen LogP contribution in [0.5, 0.6) is 11.5 Å². The van der Waals surface area contributed by atoms with Crippen molar-refractivity contribution in [1.29, 1.82) is 0 Å². The minimum absolute atomic E-state index is 0.487. The number of rotatable bonds is 8. The van der Waals surface area contributed by atoms with E-state index < -0.39 is 0 Å². The second kappa shape index (κ2) is 8.84. The number of pyridine rings is 1. The molecular formula is C23H24N4O3. The molecule has 4 aromatic rings. The number of hydrogen-bond donors (Lipinski definition) is 1. The van der Waals surface area contributed by atoms with Crippen molar-refractivity contribution in [2.24, 2.45) is 7.05 Å². The van der Waals surface area contributed by atoms with Gasteiger partial charge in [0.15, 0.2) is 0 Å². The molecular weight excluding hydrogens is 380 g/mol. The van der Waals surface area contributed by atoms with Crippen LogP contribution in [0.4, 0.5) is 11.4 Å². The van der Waals surface area contributed by atoms with Crippen LogP contribution in [0.25, 0.3) is 22.0 Å². The van der Waals surface area contributed by atoms with Crippen molar-refractivity contribution in [3.05, 3.63) is 61.1 Å². The van der Waals surface area contributed by atoms with Gasteiger partial charge in [-0.3, -0.25) is 9.67 Å². The van der Waals surface area contributed by atoms with Gasteiger partial charge in [0.25, 0.3) is 0 Å². The third-order valence-corrected chi connectivity index (χ3v) is 4.78. The third-order valence-electron chi connectivity index (χ3n) is 4.78. The van der Waals surface area contributed by atoms with Gasteiger partial charge in [-0.05, 0) is 29.8 Å². The van der Waals surface area contributed by atoms with Gasteiger partial charge in [-0.2, -0.15) is 5.10 Å². The van der Waals surface area contributed by atoms with Crippen LogP contribution in [0.2, 0.25) is 0 Å². The first-order valence-corrected chi connectivity index (χ1v) is 9.62. The Morgan fingerprint density at radius 2 is 1.87 bits per heavy atom. The number of methoxy groups -OCH3 is 2. The Labute approximate surface area is 175 Å². The molecule has 0 radical (unpaired) electrons. The van der Waals surface area contributed by atoms with E-state index in [0.717, 1.165) is 39.2 Å². The van der Waals surface area contributed by atoms with E-state index >= 15 is 0 Å². The Bertz CT molecular complexity index is 1160. The number of anilines is 2. The first kappa shape index (κ1) is 19.7. The fraction of sp³-hybridized carbons (Fsp3) is 0.217. The molecule has 30 heavy (non-hydrogen) atoms. The normalized spacial score (nSPS) is 10.9. The summed E-state index contributed by atoms with van der Waals surface area (Å²) >= 11 is 0. The highest BCUT2D eigenvalue weighted by atomic mass is 16.5. The number of nitrogens with zero attached hydrogens (tertiary/aromatic N) is 3. The molecule has 0 aliphatic carbocycles. The predicted octanol–water partition coefficient (Wildman–Crippen LogP) is 4.41. The Morgan fingerprint density at radius 1 is 0.967 bits per heavy atom. The molecule has 2 aromatic carbocycles. The van der Waals surface area contributed by atoms with Crippen molar-refractivity contribution in [2.45, 2.75) is 0 Å². The SMILES string of the molecule is COCCOc1ccc(Nc2ccnc3cc(-c4cnn(C)c4)ccc23)c(OC)c1. The van der Waals surface area contributed by atoms with E-state index in [1.54, 1.807) is 25.1 Å². The number of aryl methyl sites for hydroxylation is 1. The molecule has 154 valence electrons. The van der Waals surface area contributed by atoms with Gasteiger partial charge in [-0.15, -0.1) is 0 Å². The molecule has 4 rings (SSSR count). The zero-order valence-electron chi connectivity index (χ0n) is 17.3. The van der Waals surface area contributed by atoms with Crippen molar-refractivity contribution < 1.29 is 14.2 Å². The van der Waals surface area contributed by atoms with Crippen molar-refractivity contribution in [3.63, 3.8) is 0 Å². The highest BCUT2D eigenvalue weighted by molar-refractivity contribution is 5.95. The van der Waals surface area contributed by atoms with Crippen LogP contribution in [0.15, 0.2) is 61.1 Å². The van der Waals surface area contributed by atoms with Crippen molar-refractivity contribution >= 4 is 22.3 Å². The van der Waals surface area contributed by atoms with E-state index in [4.69, 9.17) is 14.2 Å². The lowest BCUT2D eigenvalue weighted by molar-refractivity contribution is 0.146. The zero-order chi connectivity index (χ0) is 20.9. The summed E-state index contributed by atoms with van der Waals surface area (Å²) in [5, 5.41) is 8.73. The topological polar surface area (TPSA) is 70.4 Å². The number of fused-ring (bicyclic) bond motifs is 1. The number of benzene rings is 2. The van der Waals surface area contributed by atoms with Crippen LogP contribution in [-0.4, -0.2) is 42.2 Å². The highest BCUT2D eigenvalue weighted by Gasteiger charge is 2.10. The van der Waals surface area contributed by atoms with Crippen LogP contribution in [-0.2, 0) is 11.8 Å². The zero-order valence-corrected chi connectivity index (χ0v) is 17.3. The summed E-state index contributed by atoms with van der Waals surface area (Å²) in [6.07, 6.45) is 5.64. The molecule has 7 nitrogen and oxygen atoms in total. The Hall–Kier alpha value is -3.58.